The minimum Gasteiger partial charge on any atom is -0.507 e. The van der Waals surface area contributed by atoms with E-state index in [2.05, 4.69) is 63.7 Å². The number of rotatable bonds is 8. The number of hydrogen-bond acceptors (Lipinski definition) is 4. The van der Waals surface area contributed by atoms with Crippen molar-refractivity contribution in [3.05, 3.63) is 57.6 Å². The average molecular weight is 395 g/mol. The molecule has 0 fully saturated rings. The van der Waals surface area contributed by atoms with E-state index in [1.807, 2.05) is 12.1 Å². The Morgan fingerprint density at radius 2 is 1.10 bits per heavy atom. The van der Waals surface area contributed by atoms with Crippen molar-refractivity contribution in [2.24, 2.45) is 9.98 Å². The Labute approximate surface area is 175 Å². The van der Waals surface area contributed by atoms with E-state index >= 15 is 0 Å². The molecule has 0 atom stereocenters. The number of phenolic OH excluding ortho intramolecular Hbond substituents is 2. The second kappa shape index (κ2) is 10.2. The van der Waals surface area contributed by atoms with Crippen LogP contribution < -0.4 is 0 Å². The van der Waals surface area contributed by atoms with Crippen LogP contribution in [0.3, 0.4) is 0 Å². The Hall–Kier alpha value is -2.62. The molecule has 0 aliphatic heterocycles. The standard InChI is InChI=1S/C25H34N2O2/c1-7-18-9-20(24(28)22(11-18)16(3)4)13-26-15-27-14-21-10-19(8-2)12-23(17(5)6)25(21)29/h9-14,16-17,28-29H,7-8,15H2,1-6H3. The van der Waals surface area contributed by atoms with Crippen LogP contribution in [0.1, 0.15) is 86.8 Å². The van der Waals surface area contributed by atoms with Crippen molar-refractivity contribution < 1.29 is 10.2 Å². The predicted molar refractivity (Wildman–Crippen MR) is 123 cm³/mol. The number of hydrogen-bond donors (Lipinski definition) is 2. The van der Waals surface area contributed by atoms with Crippen LogP contribution in [0, 0.1) is 0 Å². The first-order valence-electron chi connectivity index (χ1n) is 10.5. The highest BCUT2D eigenvalue weighted by Gasteiger charge is 2.12. The zero-order valence-corrected chi connectivity index (χ0v) is 18.5. The van der Waals surface area contributed by atoms with Gasteiger partial charge in [-0.25, -0.2) is 0 Å². The number of phenols is 2. The minimum atomic E-state index is 0.236. The highest BCUT2D eigenvalue weighted by atomic mass is 16.3. The molecule has 0 spiro atoms. The molecule has 4 nitrogen and oxygen atoms in total. The summed E-state index contributed by atoms with van der Waals surface area (Å²) in [5.74, 6) is 1.07. The highest BCUT2D eigenvalue weighted by Crippen LogP contribution is 2.31. The van der Waals surface area contributed by atoms with E-state index in [0.29, 0.717) is 11.5 Å². The van der Waals surface area contributed by atoms with Gasteiger partial charge in [-0.2, -0.15) is 0 Å². The van der Waals surface area contributed by atoms with Gasteiger partial charge in [0, 0.05) is 23.6 Å². The van der Waals surface area contributed by atoms with E-state index in [1.54, 1.807) is 12.4 Å². The second-order valence-corrected chi connectivity index (χ2v) is 8.03. The Morgan fingerprint density at radius 3 is 1.41 bits per heavy atom. The van der Waals surface area contributed by atoms with Crippen LogP contribution in [-0.2, 0) is 12.8 Å². The fraction of sp³-hybridized carbons (Fsp3) is 0.440. The molecule has 0 unspecified atom stereocenters. The first-order valence-corrected chi connectivity index (χ1v) is 10.5. The van der Waals surface area contributed by atoms with Crippen molar-refractivity contribution in [3.63, 3.8) is 0 Å². The van der Waals surface area contributed by atoms with Crippen molar-refractivity contribution in [3.8, 4) is 11.5 Å². The Kier molecular flexibility index (Phi) is 8.00. The molecule has 0 aromatic heterocycles. The van der Waals surface area contributed by atoms with Gasteiger partial charge >= 0.3 is 0 Å². The molecular weight excluding hydrogens is 360 g/mol. The van der Waals surface area contributed by atoms with Crippen LogP contribution in [0.25, 0.3) is 0 Å². The van der Waals surface area contributed by atoms with E-state index in [4.69, 9.17) is 0 Å². The largest absolute Gasteiger partial charge is 0.507 e. The summed E-state index contributed by atoms with van der Waals surface area (Å²) in [4.78, 5) is 8.72. The smallest absolute Gasteiger partial charge is 0.129 e. The Bertz CT molecular complexity index is 823. The van der Waals surface area contributed by atoms with E-state index in [-0.39, 0.29) is 18.5 Å². The van der Waals surface area contributed by atoms with Gasteiger partial charge in [-0.15, -0.1) is 0 Å². The number of benzene rings is 2. The predicted octanol–water partition coefficient (Wildman–Crippen LogP) is 5.96. The van der Waals surface area contributed by atoms with E-state index in [0.717, 1.165) is 35.1 Å². The summed E-state index contributed by atoms with van der Waals surface area (Å²) in [7, 11) is 0. The third kappa shape index (κ3) is 5.69. The van der Waals surface area contributed by atoms with Gasteiger partial charge in [0.2, 0.25) is 0 Å². The van der Waals surface area contributed by atoms with E-state index in [1.165, 1.54) is 11.1 Å². The Balaban J connectivity index is 2.20. The molecule has 2 N–H and O–H groups in total. The lowest BCUT2D eigenvalue weighted by Gasteiger charge is -2.13. The SMILES string of the molecule is CCc1cc(C=NCN=Cc2cc(CC)cc(C(C)C)c2O)c(O)c(C(C)C)c1. The molecule has 0 radical (unpaired) electrons. The molecular formula is C25H34N2O2. The molecule has 2 rings (SSSR count). The fourth-order valence-electron chi connectivity index (χ4n) is 3.30. The van der Waals surface area contributed by atoms with Gasteiger partial charge in [-0.3, -0.25) is 9.98 Å². The van der Waals surface area contributed by atoms with Crippen molar-refractivity contribution in [1.29, 1.82) is 0 Å². The number of aryl methyl sites for hydroxylation is 2. The van der Waals surface area contributed by atoms with Crippen molar-refractivity contribution >= 4 is 12.4 Å². The lowest BCUT2D eigenvalue weighted by molar-refractivity contribution is 0.463. The number of aromatic hydroxyl groups is 2. The number of aliphatic imine (C=N–C) groups is 2. The van der Waals surface area contributed by atoms with Gasteiger partial charge in [0.05, 0.1) is 0 Å². The lowest BCUT2D eigenvalue weighted by Crippen LogP contribution is -1.97. The van der Waals surface area contributed by atoms with Crippen LogP contribution in [0.5, 0.6) is 11.5 Å². The van der Waals surface area contributed by atoms with Crippen LogP contribution in [0.15, 0.2) is 34.3 Å². The molecule has 0 saturated carbocycles. The van der Waals surface area contributed by atoms with Crippen LogP contribution >= 0.6 is 0 Å². The third-order valence-electron chi connectivity index (χ3n) is 5.14. The van der Waals surface area contributed by atoms with Gasteiger partial charge in [-0.1, -0.05) is 53.7 Å². The molecule has 2 aromatic rings. The van der Waals surface area contributed by atoms with Crippen LogP contribution in [-0.4, -0.2) is 29.3 Å². The molecule has 0 saturated heterocycles. The molecule has 0 heterocycles. The molecule has 29 heavy (non-hydrogen) atoms. The zero-order valence-electron chi connectivity index (χ0n) is 18.5. The maximum absolute atomic E-state index is 10.5. The van der Waals surface area contributed by atoms with E-state index in [9.17, 15) is 10.2 Å². The van der Waals surface area contributed by atoms with Gasteiger partial charge in [0.15, 0.2) is 0 Å². The van der Waals surface area contributed by atoms with Crippen LogP contribution in [0.4, 0.5) is 0 Å². The monoisotopic (exact) mass is 394 g/mol. The van der Waals surface area contributed by atoms with Crippen molar-refractivity contribution in [2.75, 3.05) is 6.67 Å². The normalized spacial score (nSPS) is 12.1. The lowest BCUT2D eigenvalue weighted by atomic mass is 9.95. The summed E-state index contributed by atoms with van der Waals surface area (Å²) in [5, 5.41) is 21.1. The van der Waals surface area contributed by atoms with Crippen molar-refractivity contribution in [1.82, 2.24) is 0 Å². The van der Waals surface area contributed by atoms with Gasteiger partial charge in [0.25, 0.3) is 0 Å². The molecule has 4 heteroatoms. The summed E-state index contributed by atoms with van der Waals surface area (Å²) >= 11 is 0. The number of nitrogens with zero attached hydrogens (tertiary/aromatic N) is 2. The average Bonchev–Trinajstić information content (AvgIpc) is 2.69. The molecule has 0 bridgehead atoms. The summed E-state index contributed by atoms with van der Waals surface area (Å²) in [5.41, 5.74) is 5.69. The molecule has 156 valence electrons. The third-order valence-corrected chi connectivity index (χ3v) is 5.14. The summed E-state index contributed by atoms with van der Waals surface area (Å²) in [6, 6.07) is 8.07. The molecule has 0 amide bonds. The van der Waals surface area contributed by atoms with Crippen molar-refractivity contribution in [2.45, 2.75) is 66.2 Å². The fourth-order valence-corrected chi connectivity index (χ4v) is 3.30. The van der Waals surface area contributed by atoms with Gasteiger partial charge < -0.3 is 10.2 Å². The van der Waals surface area contributed by atoms with Gasteiger partial charge in [0.1, 0.15) is 18.2 Å². The quantitative estimate of drug-likeness (QED) is 0.542. The zero-order chi connectivity index (χ0) is 21.6. The summed E-state index contributed by atoms with van der Waals surface area (Å²) in [6.07, 6.45) is 5.17. The maximum Gasteiger partial charge on any atom is 0.129 e. The summed E-state index contributed by atoms with van der Waals surface area (Å²) < 4.78 is 0. The first-order chi connectivity index (χ1) is 13.8. The van der Waals surface area contributed by atoms with E-state index < -0.39 is 0 Å². The van der Waals surface area contributed by atoms with Crippen LogP contribution in [0.2, 0.25) is 0 Å². The topological polar surface area (TPSA) is 65.2 Å². The minimum absolute atomic E-state index is 0.236. The summed E-state index contributed by atoms with van der Waals surface area (Å²) in [6.45, 7) is 12.7. The Morgan fingerprint density at radius 1 is 0.724 bits per heavy atom. The molecule has 0 aliphatic carbocycles. The van der Waals surface area contributed by atoms with Gasteiger partial charge in [-0.05, 0) is 59.1 Å². The maximum atomic E-state index is 10.5. The second-order valence-electron chi connectivity index (χ2n) is 8.03. The molecule has 0 aliphatic rings. The molecule has 2 aromatic carbocycles. The highest BCUT2D eigenvalue weighted by molar-refractivity contribution is 5.86. The first kappa shape index (κ1) is 22.7.